The van der Waals surface area contributed by atoms with Crippen LogP contribution in [-0.2, 0) is 0 Å². The van der Waals surface area contributed by atoms with Gasteiger partial charge in [-0.05, 0) is 32.0 Å². The van der Waals surface area contributed by atoms with E-state index in [-0.39, 0.29) is 0 Å². The van der Waals surface area contributed by atoms with Crippen molar-refractivity contribution < 1.29 is 0 Å². The zero-order valence-corrected chi connectivity index (χ0v) is 8.62. The molecule has 74 valence electrons. The van der Waals surface area contributed by atoms with Gasteiger partial charge >= 0.3 is 0 Å². The topological polar surface area (TPSA) is 53.0 Å². The van der Waals surface area contributed by atoms with E-state index in [9.17, 15) is 0 Å². The molecule has 1 aromatic rings. The molecule has 0 radical (unpaired) electrons. The van der Waals surface area contributed by atoms with Gasteiger partial charge in [0.25, 0.3) is 0 Å². The third-order valence-corrected chi connectivity index (χ3v) is 2.26. The van der Waals surface area contributed by atoms with Gasteiger partial charge in [-0.2, -0.15) is 5.26 Å². The molecule has 0 heterocycles. The minimum atomic E-state index is 0.654. The lowest BCUT2D eigenvalue weighted by Gasteiger charge is -2.22. The number of rotatable bonds is 3. The van der Waals surface area contributed by atoms with Crippen molar-refractivity contribution in [1.29, 1.82) is 5.26 Å². The molecule has 0 saturated carbocycles. The van der Waals surface area contributed by atoms with Crippen LogP contribution in [0.4, 0.5) is 11.4 Å². The fourth-order valence-corrected chi connectivity index (χ4v) is 1.45. The fourth-order valence-electron chi connectivity index (χ4n) is 1.45. The van der Waals surface area contributed by atoms with Gasteiger partial charge < -0.3 is 10.6 Å². The number of nitrogen functional groups attached to an aromatic ring is 1. The van der Waals surface area contributed by atoms with Crippen LogP contribution in [0.3, 0.4) is 0 Å². The molecule has 0 saturated heterocycles. The minimum absolute atomic E-state index is 0.654. The number of hydrogen-bond acceptors (Lipinski definition) is 3. The number of anilines is 2. The summed E-state index contributed by atoms with van der Waals surface area (Å²) in [6.45, 7) is 5.94. The van der Waals surface area contributed by atoms with Crippen LogP contribution in [0, 0.1) is 11.3 Å². The molecule has 0 aliphatic heterocycles. The monoisotopic (exact) mass is 189 g/mol. The molecular formula is C11H15N3. The quantitative estimate of drug-likeness (QED) is 0.740. The Hall–Kier alpha value is -1.69. The third-order valence-electron chi connectivity index (χ3n) is 2.26. The SMILES string of the molecule is CCN(CC)c1cc(C#N)ccc1N. The van der Waals surface area contributed by atoms with Crippen LogP contribution in [0.25, 0.3) is 0 Å². The van der Waals surface area contributed by atoms with E-state index in [1.165, 1.54) is 0 Å². The van der Waals surface area contributed by atoms with E-state index in [2.05, 4.69) is 24.8 Å². The highest BCUT2D eigenvalue weighted by atomic mass is 15.1. The van der Waals surface area contributed by atoms with Gasteiger partial charge in [-0.15, -0.1) is 0 Å². The Morgan fingerprint density at radius 2 is 2.00 bits per heavy atom. The predicted octanol–water partition coefficient (Wildman–Crippen LogP) is 1.99. The molecule has 0 bridgehead atoms. The maximum Gasteiger partial charge on any atom is 0.0992 e. The zero-order valence-electron chi connectivity index (χ0n) is 8.62. The van der Waals surface area contributed by atoms with Gasteiger partial charge in [0.05, 0.1) is 23.0 Å². The average molecular weight is 189 g/mol. The third kappa shape index (κ3) is 1.97. The van der Waals surface area contributed by atoms with E-state index in [1.54, 1.807) is 12.1 Å². The zero-order chi connectivity index (χ0) is 10.6. The van der Waals surface area contributed by atoms with E-state index in [1.807, 2.05) is 6.07 Å². The van der Waals surface area contributed by atoms with Crippen molar-refractivity contribution in [3.8, 4) is 6.07 Å². The van der Waals surface area contributed by atoms with Crippen molar-refractivity contribution >= 4 is 11.4 Å². The highest BCUT2D eigenvalue weighted by Gasteiger charge is 2.06. The van der Waals surface area contributed by atoms with Crippen LogP contribution in [0.1, 0.15) is 19.4 Å². The lowest BCUT2D eigenvalue weighted by molar-refractivity contribution is 0.867. The molecular weight excluding hydrogens is 174 g/mol. The van der Waals surface area contributed by atoms with Crippen LogP contribution < -0.4 is 10.6 Å². The van der Waals surface area contributed by atoms with Gasteiger partial charge in [0.1, 0.15) is 0 Å². The lowest BCUT2D eigenvalue weighted by Crippen LogP contribution is -2.22. The maximum atomic E-state index is 8.77. The molecule has 3 heteroatoms. The minimum Gasteiger partial charge on any atom is -0.397 e. The van der Waals surface area contributed by atoms with E-state index < -0.39 is 0 Å². The summed E-state index contributed by atoms with van der Waals surface area (Å²) in [7, 11) is 0. The average Bonchev–Trinajstić information content (AvgIpc) is 2.22. The number of nitriles is 1. The molecule has 1 aromatic carbocycles. The smallest absolute Gasteiger partial charge is 0.0992 e. The van der Waals surface area contributed by atoms with Crippen molar-refractivity contribution in [2.75, 3.05) is 23.7 Å². The van der Waals surface area contributed by atoms with Gasteiger partial charge in [-0.25, -0.2) is 0 Å². The molecule has 2 N–H and O–H groups in total. The molecule has 0 aliphatic carbocycles. The molecule has 0 fully saturated rings. The number of nitrogens with two attached hydrogens (primary N) is 1. The van der Waals surface area contributed by atoms with Gasteiger partial charge in [-0.3, -0.25) is 0 Å². The van der Waals surface area contributed by atoms with Crippen LogP contribution in [0.5, 0.6) is 0 Å². The summed E-state index contributed by atoms with van der Waals surface area (Å²) in [6, 6.07) is 7.47. The Balaban J connectivity index is 3.12. The van der Waals surface area contributed by atoms with Crippen molar-refractivity contribution in [2.45, 2.75) is 13.8 Å². The molecule has 14 heavy (non-hydrogen) atoms. The van der Waals surface area contributed by atoms with Crippen LogP contribution in [-0.4, -0.2) is 13.1 Å². The molecule has 0 aliphatic rings. The largest absolute Gasteiger partial charge is 0.397 e. The van der Waals surface area contributed by atoms with Gasteiger partial charge in [-0.1, -0.05) is 0 Å². The Kier molecular flexibility index (Phi) is 3.35. The second-order valence-electron chi connectivity index (χ2n) is 3.06. The van der Waals surface area contributed by atoms with Gasteiger partial charge in [0.2, 0.25) is 0 Å². The Bertz CT molecular complexity index is 348. The first-order chi connectivity index (χ1) is 6.72. The van der Waals surface area contributed by atoms with Gasteiger partial charge in [0, 0.05) is 13.1 Å². The Morgan fingerprint density at radius 3 is 2.50 bits per heavy atom. The normalized spacial score (nSPS) is 9.50. The molecule has 0 spiro atoms. The highest BCUT2D eigenvalue weighted by Crippen LogP contribution is 2.23. The van der Waals surface area contributed by atoms with Crippen LogP contribution >= 0.6 is 0 Å². The summed E-state index contributed by atoms with van der Waals surface area (Å²) in [6.07, 6.45) is 0. The van der Waals surface area contributed by atoms with Gasteiger partial charge in [0.15, 0.2) is 0 Å². The van der Waals surface area contributed by atoms with E-state index in [0.717, 1.165) is 24.5 Å². The second-order valence-corrected chi connectivity index (χ2v) is 3.06. The number of hydrogen-bond donors (Lipinski definition) is 1. The van der Waals surface area contributed by atoms with E-state index in [4.69, 9.17) is 11.0 Å². The van der Waals surface area contributed by atoms with Crippen molar-refractivity contribution in [2.24, 2.45) is 0 Å². The van der Waals surface area contributed by atoms with E-state index in [0.29, 0.717) is 5.56 Å². The first-order valence-electron chi connectivity index (χ1n) is 4.77. The highest BCUT2D eigenvalue weighted by molar-refractivity contribution is 5.69. The summed E-state index contributed by atoms with van der Waals surface area (Å²) in [5, 5.41) is 8.77. The van der Waals surface area contributed by atoms with E-state index >= 15 is 0 Å². The summed E-state index contributed by atoms with van der Waals surface area (Å²) in [5.74, 6) is 0. The summed E-state index contributed by atoms with van der Waals surface area (Å²) >= 11 is 0. The summed E-state index contributed by atoms with van der Waals surface area (Å²) in [4.78, 5) is 2.14. The Labute approximate surface area is 84.7 Å². The van der Waals surface area contributed by atoms with Crippen molar-refractivity contribution in [3.05, 3.63) is 23.8 Å². The number of nitrogens with zero attached hydrogens (tertiary/aromatic N) is 2. The predicted molar refractivity (Wildman–Crippen MR) is 59.1 cm³/mol. The molecule has 0 atom stereocenters. The standard InChI is InChI=1S/C11H15N3/c1-3-14(4-2)11-7-9(8-12)5-6-10(11)13/h5-7H,3-4,13H2,1-2H3. The first-order valence-corrected chi connectivity index (χ1v) is 4.77. The number of benzene rings is 1. The molecule has 3 nitrogen and oxygen atoms in total. The Morgan fingerprint density at radius 1 is 1.36 bits per heavy atom. The fraction of sp³-hybridized carbons (Fsp3) is 0.364. The van der Waals surface area contributed by atoms with Crippen LogP contribution in [0.15, 0.2) is 18.2 Å². The van der Waals surface area contributed by atoms with Crippen LogP contribution in [0.2, 0.25) is 0 Å². The summed E-state index contributed by atoms with van der Waals surface area (Å²) in [5.41, 5.74) is 8.18. The molecule has 0 amide bonds. The van der Waals surface area contributed by atoms with Crippen molar-refractivity contribution in [1.82, 2.24) is 0 Å². The second kappa shape index (κ2) is 4.52. The lowest BCUT2D eigenvalue weighted by atomic mass is 10.1. The maximum absolute atomic E-state index is 8.77. The molecule has 1 rings (SSSR count). The molecule has 0 aromatic heterocycles. The first kappa shape index (κ1) is 10.4. The van der Waals surface area contributed by atoms with Crippen molar-refractivity contribution in [3.63, 3.8) is 0 Å². The molecule has 0 unspecified atom stereocenters. The summed E-state index contributed by atoms with van der Waals surface area (Å²) < 4.78 is 0.